The predicted octanol–water partition coefficient (Wildman–Crippen LogP) is -0.0115. The van der Waals surface area contributed by atoms with Gasteiger partial charge in [-0.25, -0.2) is 4.79 Å². The molecule has 64 valence electrons. The Bertz CT molecular complexity index is 229. The predicted molar refractivity (Wildman–Crippen MR) is 44.4 cm³/mol. The van der Waals surface area contributed by atoms with Crippen LogP contribution in [0.2, 0.25) is 0 Å². The number of amides is 3. The number of urea groups is 1. The molecule has 12 heavy (non-hydrogen) atoms. The van der Waals surface area contributed by atoms with Crippen molar-refractivity contribution >= 4 is 19.9 Å². The number of rotatable bonds is 1. The second-order valence-corrected chi connectivity index (χ2v) is 3.28. The summed E-state index contributed by atoms with van der Waals surface area (Å²) in [5.74, 6) is -0.172. The molecule has 0 aromatic heterocycles. The van der Waals surface area contributed by atoms with Gasteiger partial charge >= 0.3 is 6.03 Å². The summed E-state index contributed by atoms with van der Waals surface area (Å²) in [5.41, 5.74) is 0. The first-order valence-corrected chi connectivity index (χ1v) is 3.82. The molecule has 0 N–H and O–H groups in total. The van der Waals surface area contributed by atoms with E-state index < -0.39 is 12.1 Å². The Kier molecular flexibility index (Phi) is 2.13. The van der Waals surface area contributed by atoms with Crippen LogP contribution in [0.5, 0.6) is 0 Å². The maximum Gasteiger partial charge on any atom is 0.314 e. The zero-order valence-electron chi connectivity index (χ0n) is 7.44. The van der Waals surface area contributed by atoms with Crippen LogP contribution in [0, 0.1) is 5.92 Å². The molecule has 1 atom stereocenters. The van der Waals surface area contributed by atoms with E-state index in [0.717, 1.165) is 9.71 Å². The zero-order chi connectivity index (χ0) is 9.46. The van der Waals surface area contributed by atoms with Crippen molar-refractivity contribution in [3.8, 4) is 0 Å². The minimum atomic E-state index is -0.498. The molecule has 0 aromatic carbocycles. The Morgan fingerprint density at radius 1 is 1.42 bits per heavy atom. The Morgan fingerprint density at radius 2 is 1.92 bits per heavy atom. The minimum Gasteiger partial charge on any atom is -0.368 e. The highest BCUT2D eigenvalue weighted by molar-refractivity contribution is 6.21. The third-order valence-corrected chi connectivity index (χ3v) is 2.02. The van der Waals surface area contributed by atoms with E-state index in [1.54, 1.807) is 0 Å². The second-order valence-electron chi connectivity index (χ2n) is 3.28. The summed E-state index contributed by atoms with van der Waals surface area (Å²) in [5, 5.41) is 0. The first-order valence-electron chi connectivity index (χ1n) is 3.82. The summed E-state index contributed by atoms with van der Waals surface area (Å²) in [6.45, 7) is 3.71. The van der Waals surface area contributed by atoms with Crippen LogP contribution in [0.25, 0.3) is 0 Å². The van der Waals surface area contributed by atoms with Gasteiger partial charge in [0.15, 0.2) is 0 Å². The van der Waals surface area contributed by atoms with E-state index in [4.69, 9.17) is 7.98 Å². The number of carbonyl (C=O) groups is 2. The second kappa shape index (κ2) is 2.81. The van der Waals surface area contributed by atoms with Gasteiger partial charge in [0.05, 0.1) is 0 Å². The van der Waals surface area contributed by atoms with Crippen LogP contribution in [0.15, 0.2) is 0 Å². The van der Waals surface area contributed by atoms with Crippen LogP contribution in [0.4, 0.5) is 4.79 Å². The molecule has 1 saturated heterocycles. The number of carbonyl (C=O) groups excluding carboxylic acids is 2. The average Bonchev–Trinajstić information content (AvgIpc) is 2.16. The van der Waals surface area contributed by atoms with Crippen molar-refractivity contribution in [2.24, 2.45) is 5.92 Å². The fourth-order valence-electron chi connectivity index (χ4n) is 1.31. The molecular formula is C7H11BN2O2. The Morgan fingerprint density at radius 3 is 2.08 bits per heavy atom. The van der Waals surface area contributed by atoms with E-state index in [1.165, 1.54) is 7.05 Å². The summed E-state index contributed by atoms with van der Waals surface area (Å²) < 4.78 is 0. The molecule has 2 radical (unpaired) electrons. The largest absolute Gasteiger partial charge is 0.368 e. The van der Waals surface area contributed by atoms with Gasteiger partial charge in [0.25, 0.3) is 5.91 Å². The lowest BCUT2D eigenvalue weighted by atomic mass is 10.0. The highest BCUT2D eigenvalue weighted by atomic mass is 16.2. The standard InChI is InChI=1S/C7H11BN2O2/c1-4(2)5-6(11)9(3)7(12)10(5)8/h4-5H,1-3H3. The van der Waals surface area contributed by atoms with Gasteiger partial charge in [-0.05, 0) is 5.92 Å². The lowest BCUT2D eigenvalue weighted by Crippen LogP contribution is -2.36. The van der Waals surface area contributed by atoms with Gasteiger partial charge in [-0.15, -0.1) is 0 Å². The summed E-state index contributed by atoms with van der Waals surface area (Å²) in [7, 11) is 6.86. The molecule has 1 rings (SSSR count). The van der Waals surface area contributed by atoms with Crippen LogP contribution in [0.1, 0.15) is 13.8 Å². The third kappa shape index (κ3) is 1.09. The average molecular weight is 166 g/mol. The van der Waals surface area contributed by atoms with Gasteiger partial charge in [-0.2, -0.15) is 0 Å². The first kappa shape index (κ1) is 9.10. The van der Waals surface area contributed by atoms with Gasteiger partial charge < -0.3 is 4.81 Å². The smallest absolute Gasteiger partial charge is 0.314 e. The summed E-state index contributed by atoms with van der Waals surface area (Å²) >= 11 is 0. The summed E-state index contributed by atoms with van der Waals surface area (Å²) in [6, 6.07) is -0.929. The minimum absolute atomic E-state index is 0.0522. The zero-order valence-corrected chi connectivity index (χ0v) is 7.44. The van der Waals surface area contributed by atoms with Crippen molar-refractivity contribution in [2.75, 3.05) is 7.05 Å². The molecule has 0 aromatic rings. The number of imide groups is 1. The maximum absolute atomic E-state index is 11.4. The van der Waals surface area contributed by atoms with Gasteiger partial charge in [0, 0.05) is 7.05 Å². The Balaban J connectivity index is 2.91. The molecular weight excluding hydrogens is 155 g/mol. The maximum atomic E-state index is 11.4. The topological polar surface area (TPSA) is 40.6 Å². The van der Waals surface area contributed by atoms with E-state index in [0.29, 0.717) is 0 Å². The Labute approximate surface area is 72.9 Å². The van der Waals surface area contributed by atoms with Gasteiger partial charge in [-0.1, -0.05) is 13.8 Å². The quantitative estimate of drug-likeness (QED) is 0.406. The lowest BCUT2D eigenvalue weighted by molar-refractivity contribution is -0.127. The van der Waals surface area contributed by atoms with Crippen molar-refractivity contribution in [1.82, 2.24) is 9.71 Å². The van der Waals surface area contributed by atoms with Crippen LogP contribution in [-0.2, 0) is 4.79 Å². The monoisotopic (exact) mass is 166 g/mol. The molecule has 5 heteroatoms. The van der Waals surface area contributed by atoms with Crippen molar-refractivity contribution in [2.45, 2.75) is 19.9 Å². The third-order valence-electron chi connectivity index (χ3n) is 2.02. The van der Waals surface area contributed by atoms with E-state index >= 15 is 0 Å². The lowest BCUT2D eigenvalue weighted by Gasteiger charge is -2.19. The van der Waals surface area contributed by atoms with Crippen LogP contribution < -0.4 is 0 Å². The molecule has 1 aliphatic rings. The molecule has 4 nitrogen and oxygen atoms in total. The van der Waals surface area contributed by atoms with E-state index in [1.807, 2.05) is 13.8 Å². The fourth-order valence-corrected chi connectivity index (χ4v) is 1.31. The Hall–Kier alpha value is -0.995. The molecule has 1 heterocycles. The fraction of sp³-hybridized carbons (Fsp3) is 0.714. The summed E-state index contributed by atoms with van der Waals surface area (Å²) in [4.78, 5) is 24.5. The van der Waals surface area contributed by atoms with Crippen LogP contribution in [-0.4, -0.2) is 42.7 Å². The van der Waals surface area contributed by atoms with Gasteiger partial charge in [-0.3, -0.25) is 9.69 Å². The molecule has 0 saturated carbocycles. The molecule has 0 spiro atoms. The van der Waals surface area contributed by atoms with E-state index in [9.17, 15) is 9.59 Å². The van der Waals surface area contributed by atoms with E-state index in [2.05, 4.69) is 0 Å². The first-order chi connectivity index (χ1) is 5.46. The van der Waals surface area contributed by atoms with Gasteiger partial charge in [0.1, 0.15) is 6.04 Å². The SMILES string of the molecule is [B]N1C(=O)N(C)C(=O)C1C(C)C. The van der Waals surface area contributed by atoms with Crippen molar-refractivity contribution < 1.29 is 9.59 Å². The molecule has 1 unspecified atom stereocenters. The number of hydrogen-bond acceptors (Lipinski definition) is 2. The van der Waals surface area contributed by atoms with Gasteiger partial charge in [0.2, 0.25) is 7.98 Å². The molecule has 1 aliphatic heterocycles. The highest BCUT2D eigenvalue weighted by Crippen LogP contribution is 2.19. The summed E-state index contributed by atoms with van der Waals surface area (Å²) in [6.07, 6.45) is 0. The molecule has 0 bridgehead atoms. The molecule has 0 aliphatic carbocycles. The van der Waals surface area contributed by atoms with Crippen LogP contribution in [0.3, 0.4) is 0 Å². The van der Waals surface area contributed by atoms with Crippen molar-refractivity contribution in [3.05, 3.63) is 0 Å². The van der Waals surface area contributed by atoms with Crippen molar-refractivity contribution in [3.63, 3.8) is 0 Å². The van der Waals surface area contributed by atoms with Crippen molar-refractivity contribution in [1.29, 1.82) is 0 Å². The number of nitrogens with zero attached hydrogens (tertiary/aromatic N) is 2. The number of hydrogen-bond donors (Lipinski definition) is 0. The molecule has 1 fully saturated rings. The normalized spacial score (nSPS) is 24.5. The van der Waals surface area contributed by atoms with Crippen LogP contribution >= 0.6 is 0 Å². The molecule has 3 amide bonds. The number of likely N-dealkylation sites (N-methyl/N-ethyl adjacent to an activating group) is 1. The van der Waals surface area contributed by atoms with E-state index in [-0.39, 0.29) is 11.8 Å². The highest BCUT2D eigenvalue weighted by Gasteiger charge is 2.41.